The number of rotatable bonds is 3. The second-order valence-electron chi connectivity index (χ2n) is 4.89. The predicted molar refractivity (Wildman–Crippen MR) is 70.6 cm³/mol. The van der Waals surface area contributed by atoms with Gasteiger partial charge in [0.05, 0.1) is 16.3 Å². The number of anilines is 1. The van der Waals surface area contributed by atoms with E-state index in [0.717, 1.165) is 25.2 Å². The lowest BCUT2D eigenvalue weighted by Gasteiger charge is -2.31. The van der Waals surface area contributed by atoms with Crippen LogP contribution in [0.15, 0.2) is 18.2 Å². The average molecular weight is 307 g/mol. The number of hydrogen-bond acceptors (Lipinski definition) is 2. The molecule has 0 radical (unpaired) electrons. The van der Waals surface area contributed by atoms with Gasteiger partial charge in [-0.25, -0.2) is 0 Å². The fraction of sp³-hybridized carbons (Fsp3) is 0.462. The highest BCUT2D eigenvalue weighted by atomic mass is 35.5. The van der Waals surface area contributed by atoms with Gasteiger partial charge in [0.1, 0.15) is 0 Å². The fourth-order valence-electron chi connectivity index (χ4n) is 1.92. The van der Waals surface area contributed by atoms with E-state index in [0.29, 0.717) is 0 Å². The molecule has 0 aliphatic carbocycles. The van der Waals surface area contributed by atoms with Gasteiger partial charge in [-0.05, 0) is 37.2 Å². The highest BCUT2D eigenvalue weighted by Crippen LogP contribution is 2.34. The molecular weight excluding hydrogens is 293 g/mol. The van der Waals surface area contributed by atoms with Crippen molar-refractivity contribution in [3.63, 3.8) is 0 Å². The monoisotopic (exact) mass is 306 g/mol. The molecule has 3 nitrogen and oxygen atoms in total. The zero-order chi connectivity index (χ0) is 14.9. The summed E-state index contributed by atoms with van der Waals surface area (Å²) in [5.74, 6) is -0.198. The minimum absolute atomic E-state index is 0.118. The maximum absolute atomic E-state index is 12.5. The third kappa shape index (κ3) is 3.24. The molecule has 1 saturated heterocycles. The quantitative estimate of drug-likeness (QED) is 0.900. The van der Waals surface area contributed by atoms with Crippen molar-refractivity contribution in [1.82, 2.24) is 5.32 Å². The van der Waals surface area contributed by atoms with Crippen LogP contribution in [0.3, 0.4) is 0 Å². The van der Waals surface area contributed by atoms with Gasteiger partial charge in [0.2, 0.25) is 5.91 Å². The second kappa shape index (κ2) is 5.61. The Bertz CT molecular complexity index is 515. The summed E-state index contributed by atoms with van der Waals surface area (Å²) in [7, 11) is 0. The van der Waals surface area contributed by atoms with Gasteiger partial charge >= 0.3 is 6.18 Å². The minimum atomic E-state index is -4.45. The maximum atomic E-state index is 12.5. The topological polar surface area (TPSA) is 41.1 Å². The number of nitrogens with one attached hydrogen (secondary N) is 2. The highest BCUT2D eigenvalue weighted by Gasteiger charge is 2.32. The molecule has 20 heavy (non-hydrogen) atoms. The molecule has 2 N–H and O–H groups in total. The molecule has 1 amide bonds. The van der Waals surface area contributed by atoms with Crippen LogP contribution >= 0.6 is 11.6 Å². The first-order chi connectivity index (χ1) is 9.29. The van der Waals surface area contributed by atoms with Crippen molar-refractivity contribution in [2.75, 3.05) is 18.4 Å². The Balaban J connectivity index is 2.08. The minimum Gasteiger partial charge on any atom is -0.325 e. The fourth-order valence-corrected chi connectivity index (χ4v) is 2.15. The summed E-state index contributed by atoms with van der Waals surface area (Å²) >= 11 is 5.78. The van der Waals surface area contributed by atoms with E-state index in [1.807, 2.05) is 0 Å². The summed E-state index contributed by atoms with van der Waals surface area (Å²) in [6, 6.07) is 2.89. The van der Waals surface area contributed by atoms with Gasteiger partial charge in [0, 0.05) is 5.92 Å². The Kier molecular flexibility index (Phi) is 4.25. The normalized spacial score (nSPS) is 17.4. The SMILES string of the molecule is CC(C(=O)Nc1ccc(C(F)(F)F)cc1Cl)C1CNC1. The number of hydrogen-bond donors (Lipinski definition) is 2. The van der Waals surface area contributed by atoms with Crippen molar-refractivity contribution in [3.8, 4) is 0 Å². The van der Waals surface area contributed by atoms with Gasteiger partial charge in [0.15, 0.2) is 0 Å². The Hall–Kier alpha value is -1.27. The third-order valence-electron chi connectivity index (χ3n) is 3.49. The first kappa shape index (κ1) is 15.1. The molecule has 0 aromatic heterocycles. The molecule has 1 atom stereocenters. The van der Waals surface area contributed by atoms with E-state index in [9.17, 15) is 18.0 Å². The van der Waals surface area contributed by atoms with Crippen LogP contribution in [0, 0.1) is 11.8 Å². The van der Waals surface area contributed by atoms with E-state index in [-0.39, 0.29) is 28.5 Å². The Morgan fingerprint density at radius 2 is 2.10 bits per heavy atom. The van der Waals surface area contributed by atoms with E-state index < -0.39 is 11.7 Å². The zero-order valence-electron chi connectivity index (χ0n) is 10.7. The highest BCUT2D eigenvalue weighted by molar-refractivity contribution is 6.33. The van der Waals surface area contributed by atoms with Gasteiger partial charge < -0.3 is 10.6 Å². The Labute approximate surface area is 119 Å². The molecule has 110 valence electrons. The summed E-state index contributed by atoms with van der Waals surface area (Å²) in [6.45, 7) is 3.34. The van der Waals surface area contributed by atoms with E-state index in [4.69, 9.17) is 11.6 Å². The van der Waals surface area contributed by atoms with Crippen molar-refractivity contribution in [3.05, 3.63) is 28.8 Å². The molecule has 1 aliphatic heterocycles. The number of benzene rings is 1. The first-order valence-corrected chi connectivity index (χ1v) is 6.55. The second-order valence-corrected chi connectivity index (χ2v) is 5.30. The van der Waals surface area contributed by atoms with Crippen LogP contribution in [0.2, 0.25) is 5.02 Å². The van der Waals surface area contributed by atoms with Crippen molar-refractivity contribution in [2.45, 2.75) is 13.1 Å². The Morgan fingerprint density at radius 3 is 2.55 bits per heavy atom. The molecule has 1 unspecified atom stereocenters. The molecule has 2 rings (SSSR count). The van der Waals surface area contributed by atoms with Crippen LogP contribution in [-0.4, -0.2) is 19.0 Å². The molecule has 0 saturated carbocycles. The predicted octanol–water partition coefficient (Wildman–Crippen LogP) is 3.15. The maximum Gasteiger partial charge on any atom is 0.416 e. The lowest BCUT2D eigenvalue weighted by Crippen LogP contribution is -2.48. The molecular formula is C13H14ClF3N2O. The van der Waals surface area contributed by atoms with Crippen LogP contribution in [0.4, 0.5) is 18.9 Å². The summed E-state index contributed by atoms with van der Waals surface area (Å²) in [5, 5.41) is 5.52. The van der Waals surface area contributed by atoms with E-state index in [1.54, 1.807) is 6.92 Å². The smallest absolute Gasteiger partial charge is 0.325 e. The molecule has 1 aromatic carbocycles. The van der Waals surface area contributed by atoms with Crippen molar-refractivity contribution in [1.29, 1.82) is 0 Å². The molecule has 1 aliphatic rings. The van der Waals surface area contributed by atoms with Gasteiger partial charge in [-0.1, -0.05) is 18.5 Å². The number of halogens is 4. The third-order valence-corrected chi connectivity index (χ3v) is 3.80. The van der Waals surface area contributed by atoms with Gasteiger partial charge in [-0.15, -0.1) is 0 Å². The van der Waals surface area contributed by atoms with E-state index in [2.05, 4.69) is 10.6 Å². The molecule has 0 bridgehead atoms. The molecule has 1 aromatic rings. The van der Waals surface area contributed by atoms with Gasteiger partial charge in [-0.3, -0.25) is 4.79 Å². The largest absolute Gasteiger partial charge is 0.416 e. The lowest BCUT2D eigenvalue weighted by molar-refractivity contribution is -0.137. The Morgan fingerprint density at radius 1 is 1.45 bits per heavy atom. The molecule has 7 heteroatoms. The summed E-state index contributed by atoms with van der Waals surface area (Å²) in [4.78, 5) is 12.0. The van der Waals surface area contributed by atoms with Crippen LogP contribution < -0.4 is 10.6 Å². The number of alkyl halides is 3. The van der Waals surface area contributed by atoms with Crippen molar-refractivity contribution >= 4 is 23.2 Å². The molecule has 0 spiro atoms. The van der Waals surface area contributed by atoms with Crippen LogP contribution in [0.25, 0.3) is 0 Å². The van der Waals surface area contributed by atoms with Crippen molar-refractivity contribution in [2.24, 2.45) is 11.8 Å². The van der Waals surface area contributed by atoms with Crippen LogP contribution in [-0.2, 0) is 11.0 Å². The summed E-state index contributed by atoms with van der Waals surface area (Å²) < 4.78 is 37.5. The average Bonchev–Trinajstić information content (AvgIpc) is 2.27. The number of carbonyl (C=O) groups is 1. The first-order valence-electron chi connectivity index (χ1n) is 6.17. The van der Waals surface area contributed by atoms with Gasteiger partial charge in [-0.2, -0.15) is 13.2 Å². The molecule has 1 heterocycles. The molecule has 1 fully saturated rings. The lowest BCUT2D eigenvalue weighted by atomic mass is 9.88. The van der Waals surface area contributed by atoms with E-state index in [1.165, 1.54) is 6.07 Å². The number of carbonyl (C=O) groups excluding carboxylic acids is 1. The van der Waals surface area contributed by atoms with Crippen molar-refractivity contribution < 1.29 is 18.0 Å². The summed E-state index contributed by atoms with van der Waals surface area (Å²) in [6.07, 6.45) is -4.45. The summed E-state index contributed by atoms with van der Waals surface area (Å²) in [5.41, 5.74) is -0.638. The van der Waals surface area contributed by atoms with E-state index >= 15 is 0 Å². The van der Waals surface area contributed by atoms with Gasteiger partial charge in [0.25, 0.3) is 0 Å². The zero-order valence-corrected chi connectivity index (χ0v) is 11.5. The van der Waals surface area contributed by atoms with Crippen LogP contribution in [0.1, 0.15) is 12.5 Å². The number of amides is 1. The standard InChI is InChI=1S/C13H14ClF3N2O/c1-7(8-5-18-6-8)12(20)19-11-3-2-9(4-10(11)14)13(15,16)17/h2-4,7-8,18H,5-6H2,1H3,(H,19,20). The van der Waals surface area contributed by atoms with Crippen LogP contribution in [0.5, 0.6) is 0 Å².